The average molecular weight is 248 g/mol. The zero-order valence-electron chi connectivity index (χ0n) is 11.4. The molecule has 18 heavy (non-hydrogen) atoms. The fourth-order valence-electron chi connectivity index (χ4n) is 1.81. The van der Waals surface area contributed by atoms with Crippen LogP contribution in [0.3, 0.4) is 0 Å². The van der Waals surface area contributed by atoms with Gasteiger partial charge in [-0.25, -0.2) is 0 Å². The molecule has 0 fully saturated rings. The van der Waals surface area contributed by atoms with Crippen LogP contribution in [0.2, 0.25) is 0 Å². The predicted octanol–water partition coefficient (Wildman–Crippen LogP) is 2.63. The van der Waals surface area contributed by atoms with E-state index in [0.29, 0.717) is 6.54 Å². The summed E-state index contributed by atoms with van der Waals surface area (Å²) in [6, 6.07) is 8.90. The minimum absolute atomic E-state index is 0.0919. The first-order valence-corrected chi connectivity index (χ1v) is 6.69. The van der Waals surface area contributed by atoms with Crippen LogP contribution in [-0.4, -0.2) is 12.5 Å². The number of nitrogens with one attached hydrogen (secondary N) is 1. The Hall–Kier alpha value is -1.35. The second kappa shape index (κ2) is 7.88. The fourth-order valence-corrected chi connectivity index (χ4v) is 1.81. The van der Waals surface area contributed by atoms with Crippen molar-refractivity contribution in [1.29, 1.82) is 0 Å². The van der Waals surface area contributed by atoms with Crippen molar-refractivity contribution in [2.75, 3.05) is 6.54 Å². The zero-order valence-corrected chi connectivity index (χ0v) is 11.4. The molecule has 1 unspecified atom stereocenters. The van der Waals surface area contributed by atoms with Gasteiger partial charge in [-0.3, -0.25) is 4.79 Å². The lowest BCUT2D eigenvalue weighted by atomic mass is 10.1. The molecule has 0 aliphatic heterocycles. The molecule has 0 spiro atoms. The van der Waals surface area contributed by atoms with Crippen molar-refractivity contribution in [3.63, 3.8) is 0 Å². The molecular formula is C15H24N2O. The van der Waals surface area contributed by atoms with Crippen molar-refractivity contribution in [2.45, 2.75) is 39.2 Å². The second-order valence-electron chi connectivity index (χ2n) is 5.07. The van der Waals surface area contributed by atoms with Gasteiger partial charge in [0.25, 0.3) is 0 Å². The molecule has 1 atom stereocenters. The molecule has 3 heteroatoms. The number of hydrogen-bond donors (Lipinski definition) is 2. The quantitative estimate of drug-likeness (QED) is 0.729. The lowest BCUT2D eigenvalue weighted by molar-refractivity contribution is -0.122. The summed E-state index contributed by atoms with van der Waals surface area (Å²) in [4.78, 5) is 11.8. The number of carbonyl (C=O) groups is 1. The van der Waals surface area contributed by atoms with Crippen molar-refractivity contribution in [1.82, 2.24) is 5.32 Å². The average Bonchev–Trinajstić information content (AvgIpc) is 2.38. The van der Waals surface area contributed by atoms with E-state index in [-0.39, 0.29) is 5.91 Å². The normalized spacial score (nSPS) is 12.4. The Labute approximate surface area is 110 Å². The summed E-state index contributed by atoms with van der Waals surface area (Å²) < 4.78 is 0. The minimum atomic E-state index is -0.559. The van der Waals surface area contributed by atoms with Crippen LogP contribution in [-0.2, 0) is 4.79 Å². The van der Waals surface area contributed by atoms with Gasteiger partial charge in [-0.15, -0.1) is 0 Å². The Morgan fingerprint density at radius 2 is 1.89 bits per heavy atom. The van der Waals surface area contributed by atoms with Gasteiger partial charge in [-0.05, 0) is 17.9 Å². The smallest absolute Gasteiger partial charge is 0.241 e. The molecule has 3 N–H and O–H groups in total. The number of hydrogen-bond acceptors (Lipinski definition) is 2. The van der Waals surface area contributed by atoms with Crippen LogP contribution in [0.1, 0.15) is 44.7 Å². The third-order valence-corrected chi connectivity index (χ3v) is 2.95. The fraction of sp³-hybridized carbons (Fsp3) is 0.533. The van der Waals surface area contributed by atoms with Crippen LogP contribution in [0.15, 0.2) is 30.3 Å². The highest BCUT2D eigenvalue weighted by atomic mass is 16.2. The molecule has 0 heterocycles. The Balaban J connectivity index is 2.25. The first-order chi connectivity index (χ1) is 8.61. The number of nitrogens with two attached hydrogens (primary N) is 1. The highest BCUT2D eigenvalue weighted by molar-refractivity contribution is 5.82. The van der Waals surface area contributed by atoms with Gasteiger partial charge >= 0.3 is 0 Å². The van der Waals surface area contributed by atoms with Gasteiger partial charge < -0.3 is 11.1 Å². The summed E-state index contributed by atoms with van der Waals surface area (Å²) in [7, 11) is 0. The van der Waals surface area contributed by atoms with Gasteiger partial charge in [-0.1, -0.05) is 57.0 Å². The molecule has 0 saturated heterocycles. The molecule has 1 amide bonds. The summed E-state index contributed by atoms with van der Waals surface area (Å²) in [5.74, 6) is 0.637. The number of rotatable bonds is 7. The Morgan fingerprint density at radius 3 is 2.50 bits per heavy atom. The molecule has 3 nitrogen and oxygen atoms in total. The van der Waals surface area contributed by atoms with Crippen LogP contribution >= 0.6 is 0 Å². The van der Waals surface area contributed by atoms with Crippen LogP contribution in [0.4, 0.5) is 0 Å². The SMILES string of the molecule is CC(C)CCCCNC(=O)C(N)c1ccccc1. The van der Waals surface area contributed by atoms with Gasteiger partial charge in [-0.2, -0.15) is 0 Å². The highest BCUT2D eigenvalue weighted by Gasteiger charge is 2.14. The Kier molecular flexibility index (Phi) is 6.44. The second-order valence-corrected chi connectivity index (χ2v) is 5.07. The van der Waals surface area contributed by atoms with Gasteiger partial charge in [0.05, 0.1) is 0 Å². The molecular weight excluding hydrogens is 224 g/mol. The lowest BCUT2D eigenvalue weighted by Gasteiger charge is -2.12. The molecule has 0 aromatic heterocycles. The van der Waals surface area contributed by atoms with E-state index in [0.717, 1.165) is 24.3 Å². The Morgan fingerprint density at radius 1 is 1.22 bits per heavy atom. The van der Waals surface area contributed by atoms with Crippen molar-refractivity contribution < 1.29 is 4.79 Å². The molecule has 0 radical (unpaired) electrons. The summed E-state index contributed by atoms with van der Waals surface area (Å²) in [6.07, 6.45) is 3.38. The molecule has 0 saturated carbocycles. The molecule has 100 valence electrons. The van der Waals surface area contributed by atoms with E-state index in [1.165, 1.54) is 6.42 Å². The van der Waals surface area contributed by atoms with Crippen LogP contribution < -0.4 is 11.1 Å². The third-order valence-electron chi connectivity index (χ3n) is 2.95. The maximum absolute atomic E-state index is 11.8. The van der Waals surface area contributed by atoms with Crippen LogP contribution in [0, 0.1) is 5.92 Å². The molecule has 1 aromatic rings. The van der Waals surface area contributed by atoms with Gasteiger partial charge in [0, 0.05) is 6.54 Å². The van der Waals surface area contributed by atoms with Gasteiger partial charge in [0.2, 0.25) is 5.91 Å². The van der Waals surface area contributed by atoms with Crippen LogP contribution in [0.5, 0.6) is 0 Å². The van der Waals surface area contributed by atoms with Gasteiger partial charge in [0.15, 0.2) is 0 Å². The first-order valence-electron chi connectivity index (χ1n) is 6.69. The van der Waals surface area contributed by atoms with Crippen molar-refractivity contribution >= 4 is 5.91 Å². The maximum Gasteiger partial charge on any atom is 0.241 e. The number of unbranched alkanes of at least 4 members (excludes halogenated alkanes) is 1. The first kappa shape index (κ1) is 14.7. The van der Waals surface area contributed by atoms with E-state index in [2.05, 4.69) is 19.2 Å². The highest BCUT2D eigenvalue weighted by Crippen LogP contribution is 2.09. The molecule has 0 aliphatic rings. The monoisotopic (exact) mass is 248 g/mol. The summed E-state index contributed by atoms with van der Waals surface area (Å²) in [6.45, 7) is 5.14. The number of benzene rings is 1. The third kappa shape index (κ3) is 5.32. The minimum Gasteiger partial charge on any atom is -0.354 e. The van der Waals surface area contributed by atoms with Crippen LogP contribution in [0.25, 0.3) is 0 Å². The van der Waals surface area contributed by atoms with Crippen molar-refractivity contribution in [2.24, 2.45) is 11.7 Å². The molecule has 0 aliphatic carbocycles. The zero-order chi connectivity index (χ0) is 13.4. The predicted molar refractivity (Wildman–Crippen MR) is 75.1 cm³/mol. The van der Waals surface area contributed by atoms with E-state index < -0.39 is 6.04 Å². The number of carbonyl (C=O) groups excluding carboxylic acids is 1. The number of amides is 1. The van der Waals surface area contributed by atoms with E-state index in [1.54, 1.807) is 0 Å². The van der Waals surface area contributed by atoms with E-state index in [1.807, 2.05) is 30.3 Å². The van der Waals surface area contributed by atoms with Crippen molar-refractivity contribution in [3.05, 3.63) is 35.9 Å². The topological polar surface area (TPSA) is 55.1 Å². The molecule has 1 aromatic carbocycles. The van der Waals surface area contributed by atoms with E-state index in [9.17, 15) is 4.79 Å². The van der Waals surface area contributed by atoms with E-state index >= 15 is 0 Å². The lowest BCUT2D eigenvalue weighted by Crippen LogP contribution is -2.34. The standard InChI is InChI=1S/C15H24N2O/c1-12(2)8-6-7-11-17-15(18)14(16)13-9-4-3-5-10-13/h3-5,9-10,12,14H,6-8,11,16H2,1-2H3,(H,17,18). The van der Waals surface area contributed by atoms with Crippen molar-refractivity contribution in [3.8, 4) is 0 Å². The molecule has 0 bridgehead atoms. The Bertz CT molecular complexity index is 349. The van der Waals surface area contributed by atoms with Gasteiger partial charge in [0.1, 0.15) is 6.04 Å². The summed E-state index contributed by atoms with van der Waals surface area (Å²) in [5.41, 5.74) is 6.75. The summed E-state index contributed by atoms with van der Waals surface area (Å²) >= 11 is 0. The molecule has 1 rings (SSSR count). The maximum atomic E-state index is 11.8. The summed E-state index contributed by atoms with van der Waals surface area (Å²) in [5, 5.41) is 2.89. The van der Waals surface area contributed by atoms with E-state index in [4.69, 9.17) is 5.73 Å². The largest absolute Gasteiger partial charge is 0.354 e.